The molecule has 0 unspecified atom stereocenters. The van der Waals surface area contributed by atoms with Gasteiger partial charge in [-0.1, -0.05) is 25.0 Å². The molecule has 3 nitrogen and oxygen atoms in total. The third-order valence-electron chi connectivity index (χ3n) is 3.66. The molecule has 1 amide bonds. The van der Waals surface area contributed by atoms with Crippen LogP contribution in [0.25, 0.3) is 10.9 Å². The molecule has 0 bridgehead atoms. The van der Waals surface area contributed by atoms with E-state index >= 15 is 0 Å². The van der Waals surface area contributed by atoms with Crippen molar-refractivity contribution in [1.82, 2.24) is 10.3 Å². The number of carbonyl (C=O) groups excluding carboxylic acids is 1. The highest BCUT2D eigenvalue weighted by atomic mass is 79.9. The number of hydrogen-bond donors (Lipinski definition) is 1. The van der Waals surface area contributed by atoms with Crippen molar-refractivity contribution in [3.05, 3.63) is 40.5 Å². The number of aromatic nitrogens is 1. The molecule has 0 radical (unpaired) electrons. The van der Waals surface area contributed by atoms with E-state index in [9.17, 15) is 4.79 Å². The van der Waals surface area contributed by atoms with Crippen molar-refractivity contribution in [1.29, 1.82) is 0 Å². The smallest absolute Gasteiger partial charge is 0.252 e. The molecule has 0 atom stereocenters. The fourth-order valence-electron chi connectivity index (χ4n) is 2.67. The van der Waals surface area contributed by atoms with Crippen molar-refractivity contribution in [3.8, 4) is 0 Å². The normalized spacial score (nSPS) is 15.8. The predicted octanol–water partition coefficient (Wildman–Crippen LogP) is 3.67. The summed E-state index contributed by atoms with van der Waals surface area (Å²) >= 11 is 3.47. The zero-order chi connectivity index (χ0) is 13.2. The number of amides is 1. The number of rotatable bonds is 2. The topological polar surface area (TPSA) is 42.0 Å². The largest absolute Gasteiger partial charge is 0.349 e. The van der Waals surface area contributed by atoms with Crippen LogP contribution in [0.4, 0.5) is 0 Å². The first-order chi connectivity index (χ1) is 9.25. The Labute approximate surface area is 120 Å². The van der Waals surface area contributed by atoms with Crippen LogP contribution in [0.2, 0.25) is 0 Å². The van der Waals surface area contributed by atoms with Crippen molar-refractivity contribution in [2.75, 3.05) is 0 Å². The van der Waals surface area contributed by atoms with Crippen LogP contribution in [0.3, 0.4) is 0 Å². The van der Waals surface area contributed by atoms with Crippen LogP contribution in [0.1, 0.15) is 36.0 Å². The molecule has 1 heterocycles. The standard InChI is InChI=1S/C15H15BrN2O/c16-13-7-3-6-11-12(8-9-17-14(11)13)15(19)18-10-4-1-2-5-10/h3,6-10H,1-2,4-5H2,(H,18,19). The lowest BCUT2D eigenvalue weighted by molar-refractivity contribution is 0.0939. The maximum atomic E-state index is 12.4. The van der Waals surface area contributed by atoms with Gasteiger partial charge in [0, 0.05) is 22.1 Å². The molecule has 1 N–H and O–H groups in total. The third kappa shape index (κ3) is 2.50. The van der Waals surface area contributed by atoms with Crippen molar-refractivity contribution >= 4 is 32.7 Å². The highest BCUT2D eigenvalue weighted by Gasteiger charge is 2.19. The highest BCUT2D eigenvalue weighted by molar-refractivity contribution is 9.10. The number of nitrogens with zero attached hydrogens (tertiary/aromatic N) is 1. The average molecular weight is 319 g/mol. The zero-order valence-electron chi connectivity index (χ0n) is 10.5. The number of pyridine rings is 1. The summed E-state index contributed by atoms with van der Waals surface area (Å²) in [4.78, 5) is 16.7. The van der Waals surface area contributed by atoms with E-state index in [2.05, 4.69) is 26.2 Å². The molecule has 0 saturated heterocycles. The number of halogens is 1. The lowest BCUT2D eigenvalue weighted by atomic mass is 10.1. The molecule has 3 rings (SSSR count). The van der Waals surface area contributed by atoms with Crippen molar-refractivity contribution in [2.45, 2.75) is 31.7 Å². The lowest BCUT2D eigenvalue weighted by Crippen LogP contribution is -2.32. The molecule has 19 heavy (non-hydrogen) atoms. The Morgan fingerprint density at radius 3 is 2.84 bits per heavy atom. The fourth-order valence-corrected chi connectivity index (χ4v) is 3.14. The van der Waals surface area contributed by atoms with Crippen molar-refractivity contribution < 1.29 is 4.79 Å². The molecule has 1 saturated carbocycles. The summed E-state index contributed by atoms with van der Waals surface area (Å²) in [5.41, 5.74) is 1.54. The lowest BCUT2D eigenvalue weighted by Gasteiger charge is -2.13. The van der Waals surface area contributed by atoms with E-state index in [0.29, 0.717) is 11.6 Å². The number of nitrogens with one attached hydrogen (secondary N) is 1. The van der Waals surface area contributed by atoms with Gasteiger partial charge in [-0.05, 0) is 40.9 Å². The van der Waals surface area contributed by atoms with Gasteiger partial charge in [-0.25, -0.2) is 0 Å². The molecule has 1 aromatic carbocycles. The van der Waals surface area contributed by atoms with Crippen LogP contribution >= 0.6 is 15.9 Å². The summed E-state index contributed by atoms with van der Waals surface area (Å²) < 4.78 is 0.917. The number of para-hydroxylation sites is 1. The van der Waals surface area contributed by atoms with E-state index in [1.807, 2.05) is 18.2 Å². The first-order valence-corrected chi connectivity index (χ1v) is 7.39. The summed E-state index contributed by atoms with van der Waals surface area (Å²) in [5.74, 6) is 0.0115. The molecule has 1 aliphatic rings. The Morgan fingerprint density at radius 2 is 2.05 bits per heavy atom. The van der Waals surface area contributed by atoms with Gasteiger partial charge in [0.25, 0.3) is 5.91 Å². The molecule has 0 spiro atoms. The maximum Gasteiger partial charge on any atom is 0.252 e. The van der Waals surface area contributed by atoms with Gasteiger partial charge < -0.3 is 5.32 Å². The SMILES string of the molecule is O=C(NC1CCCC1)c1ccnc2c(Br)cccc12. The molecule has 2 aromatic rings. The molecular formula is C15H15BrN2O. The number of hydrogen-bond acceptors (Lipinski definition) is 2. The van der Waals surface area contributed by atoms with Gasteiger partial charge >= 0.3 is 0 Å². The van der Waals surface area contributed by atoms with Gasteiger partial charge in [-0.2, -0.15) is 0 Å². The molecule has 1 aliphatic carbocycles. The van der Waals surface area contributed by atoms with Crippen LogP contribution in [-0.2, 0) is 0 Å². The zero-order valence-corrected chi connectivity index (χ0v) is 12.1. The third-order valence-corrected chi connectivity index (χ3v) is 4.30. The first-order valence-electron chi connectivity index (χ1n) is 6.60. The summed E-state index contributed by atoms with van der Waals surface area (Å²) in [5, 5.41) is 4.02. The molecular weight excluding hydrogens is 304 g/mol. The monoisotopic (exact) mass is 318 g/mol. The molecule has 1 aromatic heterocycles. The van der Waals surface area contributed by atoms with E-state index in [4.69, 9.17) is 0 Å². The van der Waals surface area contributed by atoms with E-state index in [1.165, 1.54) is 12.8 Å². The Hall–Kier alpha value is -1.42. The Kier molecular flexibility index (Phi) is 3.51. The molecule has 1 fully saturated rings. The summed E-state index contributed by atoms with van der Waals surface area (Å²) in [7, 11) is 0. The summed E-state index contributed by atoms with van der Waals surface area (Å²) in [6.45, 7) is 0. The molecule has 4 heteroatoms. The van der Waals surface area contributed by atoms with Gasteiger partial charge in [-0.3, -0.25) is 9.78 Å². The number of fused-ring (bicyclic) bond motifs is 1. The first kappa shape index (κ1) is 12.6. The maximum absolute atomic E-state index is 12.4. The van der Waals surface area contributed by atoms with Crippen LogP contribution in [0, 0.1) is 0 Å². The van der Waals surface area contributed by atoms with Gasteiger partial charge in [0.05, 0.1) is 11.1 Å². The summed E-state index contributed by atoms with van der Waals surface area (Å²) in [6, 6.07) is 7.94. The van der Waals surface area contributed by atoms with Gasteiger partial charge in [-0.15, -0.1) is 0 Å². The minimum Gasteiger partial charge on any atom is -0.349 e. The second kappa shape index (κ2) is 5.29. The quantitative estimate of drug-likeness (QED) is 0.918. The number of benzene rings is 1. The van der Waals surface area contributed by atoms with Crippen LogP contribution in [0.15, 0.2) is 34.9 Å². The van der Waals surface area contributed by atoms with E-state index in [0.717, 1.165) is 28.2 Å². The minimum absolute atomic E-state index is 0.0115. The number of carbonyl (C=O) groups is 1. The van der Waals surface area contributed by atoms with E-state index in [-0.39, 0.29) is 5.91 Å². The summed E-state index contributed by atoms with van der Waals surface area (Å²) in [6.07, 6.45) is 6.31. The van der Waals surface area contributed by atoms with Crippen molar-refractivity contribution in [2.24, 2.45) is 0 Å². The molecule has 98 valence electrons. The molecule has 0 aliphatic heterocycles. The van der Waals surface area contributed by atoms with Crippen molar-refractivity contribution in [3.63, 3.8) is 0 Å². The fraction of sp³-hybridized carbons (Fsp3) is 0.333. The Morgan fingerprint density at radius 1 is 1.26 bits per heavy atom. The van der Waals surface area contributed by atoms with Gasteiger partial charge in [0.1, 0.15) is 0 Å². The average Bonchev–Trinajstić information content (AvgIpc) is 2.91. The van der Waals surface area contributed by atoms with Crippen LogP contribution in [0.5, 0.6) is 0 Å². The Balaban J connectivity index is 1.95. The highest BCUT2D eigenvalue weighted by Crippen LogP contribution is 2.25. The van der Waals surface area contributed by atoms with Gasteiger partial charge in [0.2, 0.25) is 0 Å². The second-order valence-electron chi connectivity index (χ2n) is 4.95. The predicted molar refractivity (Wildman–Crippen MR) is 79.2 cm³/mol. The van der Waals surface area contributed by atoms with Gasteiger partial charge in [0.15, 0.2) is 0 Å². The minimum atomic E-state index is 0.0115. The van der Waals surface area contributed by atoms with E-state index in [1.54, 1.807) is 12.3 Å². The van der Waals surface area contributed by atoms with Crippen LogP contribution < -0.4 is 5.32 Å². The van der Waals surface area contributed by atoms with Crippen LogP contribution in [-0.4, -0.2) is 16.9 Å². The van der Waals surface area contributed by atoms with E-state index < -0.39 is 0 Å². The Bertz CT molecular complexity index is 621. The second-order valence-corrected chi connectivity index (χ2v) is 5.80.